The molecule has 1 aliphatic heterocycles. The van der Waals surface area contributed by atoms with E-state index in [0.717, 1.165) is 17.1 Å². The third-order valence-corrected chi connectivity index (χ3v) is 5.53. The van der Waals surface area contributed by atoms with Gasteiger partial charge in [0.05, 0.1) is 24.8 Å². The minimum Gasteiger partial charge on any atom is -0.497 e. The van der Waals surface area contributed by atoms with E-state index >= 15 is 0 Å². The first kappa shape index (κ1) is 17.0. The number of ether oxygens (including phenoxy) is 2. The van der Waals surface area contributed by atoms with Gasteiger partial charge in [0, 0.05) is 23.9 Å². The summed E-state index contributed by atoms with van der Waals surface area (Å²) in [6.07, 6.45) is 0. The van der Waals surface area contributed by atoms with Crippen molar-refractivity contribution in [3.63, 3.8) is 0 Å². The van der Waals surface area contributed by atoms with Gasteiger partial charge in [0.15, 0.2) is 0 Å². The van der Waals surface area contributed by atoms with Crippen LogP contribution in [0.25, 0.3) is 0 Å². The van der Waals surface area contributed by atoms with Gasteiger partial charge in [-0.3, -0.25) is 4.79 Å². The van der Waals surface area contributed by atoms with Crippen LogP contribution in [0.1, 0.15) is 21.3 Å². The maximum atomic E-state index is 12.9. The van der Waals surface area contributed by atoms with Gasteiger partial charge in [0.1, 0.15) is 16.9 Å². The second-order valence-electron chi connectivity index (χ2n) is 5.31. The highest BCUT2D eigenvalue weighted by Crippen LogP contribution is 2.43. The summed E-state index contributed by atoms with van der Waals surface area (Å²) in [4.78, 5) is 14.8. The zero-order valence-corrected chi connectivity index (χ0v) is 15.1. The predicted octanol–water partition coefficient (Wildman–Crippen LogP) is 4.25. The number of carbonyl (C=O) groups is 1. The molecule has 4 nitrogen and oxygen atoms in total. The molecule has 2 aromatic carbocycles. The van der Waals surface area contributed by atoms with Crippen molar-refractivity contribution < 1.29 is 14.3 Å². The summed E-state index contributed by atoms with van der Waals surface area (Å²) in [6, 6.07) is 12.8. The van der Waals surface area contributed by atoms with E-state index in [1.165, 1.54) is 0 Å². The van der Waals surface area contributed by atoms with Gasteiger partial charge in [-0.15, -0.1) is 11.8 Å². The summed E-state index contributed by atoms with van der Waals surface area (Å²) >= 11 is 7.91. The lowest BCUT2D eigenvalue weighted by Crippen LogP contribution is -2.30. The van der Waals surface area contributed by atoms with Crippen LogP contribution in [0.15, 0.2) is 42.5 Å². The SMILES string of the molecule is COc1ccc([C@@H]2SCCN2C(=O)c2ccccc2Cl)c(OC)c1. The van der Waals surface area contributed by atoms with Gasteiger partial charge < -0.3 is 14.4 Å². The van der Waals surface area contributed by atoms with Crippen molar-refractivity contribution in [1.82, 2.24) is 4.90 Å². The average molecular weight is 364 g/mol. The topological polar surface area (TPSA) is 38.8 Å². The van der Waals surface area contributed by atoms with Crippen LogP contribution in [0.2, 0.25) is 5.02 Å². The molecule has 1 atom stereocenters. The molecule has 3 rings (SSSR count). The highest BCUT2D eigenvalue weighted by atomic mass is 35.5. The first-order valence-corrected chi connectivity index (χ1v) is 8.97. The quantitative estimate of drug-likeness (QED) is 0.814. The Balaban J connectivity index is 1.94. The van der Waals surface area contributed by atoms with Gasteiger partial charge in [-0.25, -0.2) is 0 Å². The number of carbonyl (C=O) groups excluding carboxylic acids is 1. The van der Waals surface area contributed by atoms with Crippen molar-refractivity contribution in [2.45, 2.75) is 5.37 Å². The van der Waals surface area contributed by atoms with E-state index in [2.05, 4.69) is 0 Å². The number of nitrogens with zero attached hydrogens (tertiary/aromatic N) is 1. The van der Waals surface area contributed by atoms with E-state index in [0.29, 0.717) is 22.9 Å². The molecular formula is C18H18ClNO3S. The second kappa shape index (κ2) is 7.36. The first-order chi connectivity index (χ1) is 11.7. The molecule has 1 fully saturated rings. The average Bonchev–Trinajstić information content (AvgIpc) is 3.10. The summed E-state index contributed by atoms with van der Waals surface area (Å²) in [5.41, 5.74) is 1.49. The van der Waals surface area contributed by atoms with E-state index in [9.17, 15) is 4.79 Å². The number of hydrogen-bond acceptors (Lipinski definition) is 4. The second-order valence-corrected chi connectivity index (χ2v) is 6.90. The molecule has 0 N–H and O–H groups in total. The number of methoxy groups -OCH3 is 2. The Morgan fingerprint density at radius 2 is 2.00 bits per heavy atom. The Bertz CT molecular complexity index is 753. The summed E-state index contributed by atoms with van der Waals surface area (Å²) < 4.78 is 10.7. The van der Waals surface area contributed by atoms with Crippen LogP contribution >= 0.6 is 23.4 Å². The third kappa shape index (κ3) is 3.19. The molecule has 0 bridgehead atoms. The summed E-state index contributed by atoms with van der Waals surface area (Å²) in [6.45, 7) is 0.675. The minimum absolute atomic E-state index is 0.0616. The number of halogens is 1. The predicted molar refractivity (Wildman–Crippen MR) is 97.2 cm³/mol. The molecular weight excluding hydrogens is 346 g/mol. The van der Waals surface area contributed by atoms with Crippen LogP contribution in [-0.2, 0) is 0 Å². The van der Waals surface area contributed by atoms with Crippen molar-refractivity contribution in [3.05, 3.63) is 58.6 Å². The Morgan fingerprint density at radius 3 is 2.71 bits per heavy atom. The molecule has 1 saturated heterocycles. The van der Waals surface area contributed by atoms with Gasteiger partial charge in [0.2, 0.25) is 0 Å². The Kier molecular flexibility index (Phi) is 5.21. The molecule has 6 heteroatoms. The van der Waals surface area contributed by atoms with E-state index in [4.69, 9.17) is 21.1 Å². The van der Waals surface area contributed by atoms with Gasteiger partial charge in [-0.05, 0) is 24.3 Å². The van der Waals surface area contributed by atoms with Crippen LogP contribution in [-0.4, -0.2) is 37.3 Å². The number of rotatable bonds is 4. The molecule has 0 unspecified atom stereocenters. The molecule has 1 aliphatic rings. The van der Waals surface area contributed by atoms with Crippen LogP contribution < -0.4 is 9.47 Å². The number of benzene rings is 2. The highest BCUT2D eigenvalue weighted by molar-refractivity contribution is 7.99. The van der Waals surface area contributed by atoms with Gasteiger partial charge in [0.25, 0.3) is 5.91 Å². The van der Waals surface area contributed by atoms with Crippen LogP contribution in [0.4, 0.5) is 0 Å². The van der Waals surface area contributed by atoms with E-state index in [-0.39, 0.29) is 11.3 Å². The molecule has 2 aromatic rings. The monoisotopic (exact) mass is 363 g/mol. The molecule has 0 saturated carbocycles. The maximum Gasteiger partial charge on any atom is 0.256 e. The summed E-state index contributed by atoms with van der Waals surface area (Å²) in [5.74, 6) is 2.25. The van der Waals surface area contributed by atoms with E-state index in [1.807, 2.05) is 35.2 Å². The minimum atomic E-state index is -0.102. The van der Waals surface area contributed by atoms with Crippen LogP contribution in [0.5, 0.6) is 11.5 Å². The van der Waals surface area contributed by atoms with E-state index in [1.54, 1.807) is 38.1 Å². The smallest absolute Gasteiger partial charge is 0.256 e. The fourth-order valence-corrected chi connectivity index (χ4v) is 4.24. The normalized spacial score (nSPS) is 17.0. The zero-order valence-electron chi connectivity index (χ0n) is 13.5. The van der Waals surface area contributed by atoms with Crippen molar-refractivity contribution in [2.75, 3.05) is 26.5 Å². The third-order valence-electron chi connectivity index (χ3n) is 3.96. The summed E-state index contributed by atoms with van der Waals surface area (Å²) in [7, 11) is 3.24. The Labute approximate surface area is 150 Å². The van der Waals surface area contributed by atoms with Crippen molar-refractivity contribution in [3.8, 4) is 11.5 Å². The number of thioether (sulfide) groups is 1. The number of hydrogen-bond donors (Lipinski definition) is 0. The fourth-order valence-electron chi connectivity index (χ4n) is 2.75. The molecule has 24 heavy (non-hydrogen) atoms. The maximum absolute atomic E-state index is 12.9. The van der Waals surface area contributed by atoms with Crippen LogP contribution in [0, 0.1) is 0 Å². The van der Waals surface area contributed by atoms with Crippen molar-refractivity contribution in [2.24, 2.45) is 0 Å². The molecule has 0 aromatic heterocycles. The highest BCUT2D eigenvalue weighted by Gasteiger charge is 2.33. The van der Waals surface area contributed by atoms with Gasteiger partial charge in [-0.1, -0.05) is 23.7 Å². The lowest BCUT2D eigenvalue weighted by atomic mass is 10.1. The standard InChI is InChI=1S/C18H18ClNO3S/c1-22-12-7-8-14(16(11-12)23-2)18-20(9-10-24-18)17(21)13-5-3-4-6-15(13)19/h3-8,11,18H,9-10H2,1-2H3/t18-/m0/s1. The largest absolute Gasteiger partial charge is 0.497 e. The fraction of sp³-hybridized carbons (Fsp3) is 0.278. The Hall–Kier alpha value is -1.85. The van der Waals surface area contributed by atoms with E-state index < -0.39 is 0 Å². The molecule has 126 valence electrons. The molecule has 1 amide bonds. The lowest BCUT2D eigenvalue weighted by Gasteiger charge is -2.26. The van der Waals surface area contributed by atoms with Crippen molar-refractivity contribution in [1.29, 1.82) is 0 Å². The molecule has 1 heterocycles. The molecule has 0 radical (unpaired) electrons. The number of amides is 1. The Morgan fingerprint density at radius 1 is 1.21 bits per heavy atom. The lowest BCUT2D eigenvalue weighted by molar-refractivity contribution is 0.0759. The first-order valence-electron chi connectivity index (χ1n) is 7.54. The van der Waals surface area contributed by atoms with Gasteiger partial charge >= 0.3 is 0 Å². The van der Waals surface area contributed by atoms with Gasteiger partial charge in [-0.2, -0.15) is 0 Å². The summed E-state index contributed by atoms with van der Waals surface area (Å²) in [5, 5.41) is 0.370. The molecule has 0 aliphatic carbocycles. The zero-order chi connectivity index (χ0) is 17.1. The van der Waals surface area contributed by atoms with Crippen LogP contribution in [0.3, 0.4) is 0 Å². The van der Waals surface area contributed by atoms with Crippen molar-refractivity contribution >= 4 is 29.3 Å². The molecule has 0 spiro atoms.